The van der Waals surface area contributed by atoms with Crippen molar-refractivity contribution < 1.29 is 24.2 Å². The van der Waals surface area contributed by atoms with Gasteiger partial charge in [-0.3, -0.25) is 0 Å². The van der Waals surface area contributed by atoms with Gasteiger partial charge in [0.05, 0.1) is 6.61 Å². The summed E-state index contributed by atoms with van der Waals surface area (Å²) in [6.07, 6.45) is -0.287. The molecule has 0 aliphatic heterocycles. The van der Waals surface area contributed by atoms with Crippen molar-refractivity contribution in [2.75, 3.05) is 12.3 Å². The van der Waals surface area contributed by atoms with E-state index >= 15 is 0 Å². The van der Waals surface area contributed by atoms with E-state index < -0.39 is 12.1 Å². The first-order valence-corrected chi connectivity index (χ1v) is 5.44. The van der Waals surface area contributed by atoms with Crippen LogP contribution in [-0.2, 0) is 4.74 Å². The first-order valence-electron chi connectivity index (χ1n) is 5.44. The summed E-state index contributed by atoms with van der Waals surface area (Å²) in [5.41, 5.74) is 6.25. The van der Waals surface area contributed by atoms with Crippen LogP contribution in [0.3, 0.4) is 0 Å². The fourth-order valence-electron chi connectivity index (χ4n) is 1.31. The van der Waals surface area contributed by atoms with Crippen molar-refractivity contribution in [3.05, 3.63) is 23.3 Å². The van der Waals surface area contributed by atoms with Gasteiger partial charge in [0.1, 0.15) is 5.56 Å². The number of carboxylic acids is 1. The van der Waals surface area contributed by atoms with Crippen LogP contribution in [0, 0.1) is 6.92 Å². The Morgan fingerprint density at radius 2 is 2.06 bits per heavy atom. The van der Waals surface area contributed by atoms with Crippen molar-refractivity contribution in [2.24, 2.45) is 0 Å². The molecule has 0 saturated heterocycles. The van der Waals surface area contributed by atoms with Gasteiger partial charge in [-0.15, -0.1) is 0 Å². The van der Waals surface area contributed by atoms with Crippen molar-refractivity contribution in [3.8, 4) is 5.75 Å². The molecule has 6 heteroatoms. The first-order chi connectivity index (χ1) is 8.47. The van der Waals surface area contributed by atoms with Crippen molar-refractivity contribution in [1.29, 1.82) is 0 Å². The number of nitrogen functional groups attached to an aromatic ring is 1. The van der Waals surface area contributed by atoms with Gasteiger partial charge in [0, 0.05) is 11.3 Å². The second-order valence-electron chi connectivity index (χ2n) is 3.66. The van der Waals surface area contributed by atoms with Gasteiger partial charge < -0.3 is 20.3 Å². The predicted molar refractivity (Wildman–Crippen MR) is 64.8 cm³/mol. The Bertz CT molecular complexity index is 470. The quantitative estimate of drug-likeness (QED) is 0.485. The van der Waals surface area contributed by atoms with Gasteiger partial charge in [0.25, 0.3) is 0 Å². The molecule has 0 spiro atoms. The highest BCUT2D eigenvalue weighted by molar-refractivity contribution is 5.93. The number of ether oxygens (including phenoxy) is 2. The van der Waals surface area contributed by atoms with Crippen molar-refractivity contribution in [1.82, 2.24) is 0 Å². The summed E-state index contributed by atoms with van der Waals surface area (Å²) in [6, 6.07) is 2.73. The van der Waals surface area contributed by atoms with E-state index in [9.17, 15) is 9.59 Å². The molecule has 0 atom stereocenters. The van der Waals surface area contributed by atoms with E-state index in [2.05, 4.69) is 0 Å². The van der Waals surface area contributed by atoms with E-state index in [1.807, 2.05) is 6.92 Å². The topological polar surface area (TPSA) is 98.8 Å². The number of carbonyl (C=O) groups is 2. The highest BCUT2D eigenvalue weighted by Crippen LogP contribution is 2.28. The highest BCUT2D eigenvalue weighted by atomic mass is 16.7. The minimum absolute atomic E-state index is 0.0800. The van der Waals surface area contributed by atoms with Gasteiger partial charge in [0.15, 0.2) is 5.75 Å². The summed E-state index contributed by atoms with van der Waals surface area (Å²) in [5.74, 6) is -1.28. The summed E-state index contributed by atoms with van der Waals surface area (Å²) >= 11 is 0. The summed E-state index contributed by atoms with van der Waals surface area (Å²) in [6.45, 7) is 3.62. The van der Waals surface area contributed by atoms with Gasteiger partial charge in [-0.2, -0.15) is 0 Å². The highest BCUT2D eigenvalue weighted by Gasteiger charge is 2.19. The molecule has 1 aromatic rings. The zero-order valence-corrected chi connectivity index (χ0v) is 10.2. The fraction of sp³-hybridized carbons (Fsp3) is 0.333. The number of rotatable bonds is 4. The number of benzene rings is 1. The molecule has 0 bridgehead atoms. The number of aromatic carboxylic acids is 1. The van der Waals surface area contributed by atoms with Crippen LogP contribution in [0.2, 0.25) is 0 Å². The lowest BCUT2D eigenvalue weighted by Crippen LogP contribution is -2.15. The molecular weight excluding hydrogens is 238 g/mol. The molecule has 0 heterocycles. The Balaban J connectivity index is 3.02. The van der Waals surface area contributed by atoms with E-state index in [0.717, 1.165) is 0 Å². The number of hydrogen-bond donors (Lipinski definition) is 2. The van der Waals surface area contributed by atoms with Gasteiger partial charge >= 0.3 is 12.1 Å². The molecule has 3 N–H and O–H groups in total. The molecule has 0 saturated carbocycles. The zero-order chi connectivity index (χ0) is 13.7. The lowest BCUT2D eigenvalue weighted by molar-refractivity contribution is 0.0689. The van der Waals surface area contributed by atoms with Gasteiger partial charge in [-0.25, -0.2) is 9.59 Å². The third-order valence-electron chi connectivity index (χ3n) is 2.29. The molecule has 0 aliphatic carbocycles. The van der Waals surface area contributed by atoms with Crippen molar-refractivity contribution >= 4 is 17.8 Å². The average Bonchev–Trinajstić information content (AvgIpc) is 2.32. The molecule has 1 aromatic carbocycles. The minimum atomic E-state index is -1.20. The molecule has 0 aromatic heterocycles. The average molecular weight is 253 g/mol. The number of carbonyl (C=O) groups excluding carboxylic acids is 1. The third-order valence-corrected chi connectivity index (χ3v) is 2.29. The Labute approximate surface area is 104 Å². The normalized spacial score (nSPS) is 9.89. The maximum Gasteiger partial charge on any atom is 0.513 e. The van der Waals surface area contributed by atoms with E-state index in [0.29, 0.717) is 17.7 Å². The van der Waals surface area contributed by atoms with E-state index in [4.69, 9.17) is 20.3 Å². The maximum absolute atomic E-state index is 11.3. The molecule has 0 aliphatic rings. The molecule has 18 heavy (non-hydrogen) atoms. The number of nitrogens with two attached hydrogens (primary N) is 1. The summed E-state index contributed by atoms with van der Waals surface area (Å²) in [5, 5.41) is 9.00. The van der Waals surface area contributed by atoms with Crippen LogP contribution in [0.25, 0.3) is 0 Å². The van der Waals surface area contributed by atoms with Gasteiger partial charge in [0.2, 0.25) is 0 Å². The predicted octanol–water partition coefficient (Wildman–Crippen LogP) is 2.20. The van der Waals surface area contributed by atoms with Gasteiger partial charge in [-0.05, 0) is 25.5 Å². The zero-order valence-electron chi connectivity index (χ0n) is 10.2. The monoisotopic (exact) mass is 253 g/mol. The summed E-state index contributed by atoms with van der Waals surface area (Å²) < 4.78 is 9.63. The van der Waals surface area contributed by atoms with Crippen LogP contribution in [0.4, 0.5) is 10.5 Å². The molecule has 0 unspecified atom stereocenters. The van der Waals surface area contributed by atoms with Crippen LogP contribution in [-0.4, -0.2) is 23.8 Å². The molecule has 0 fully saturated rings. The van der Waals surface area contributed by atoms with Gasteiger partial charge in [-0.1, -0.05) is 6.92 Å². The van der Waals surface area contributed by atoms with Crippen molar-refractivity contribution in [3.63, 3.8) is 0 Å². The van der Waals surface area contributed by atoms with Crippen LogP contribution >= 0.6 is 0 Å². The smallest absolute Gasteiger partial charge is 0.478 e. The third kappa shape index (κ3) is 3.13. The first kappa shape index (κ1) is 13.8. The maximum atomic E-state index is 11.3. The van der Waals surface area contributed by atoms with Crippen LogP contribution < -0.4 is 10.5 Å². The molecule has 98 valence electrons. The van der Waals surface area contributed by atoms with Crippen LogP contribution in [0.1, 0.15) is 29.3 Å². The number of hydrogen-bond acceptors (Lipinski definition) is 5. The minimum Gasteiger partial charge on any atom is -0.478 e. The molecule has 6 nitrogen and oxygen atoms in total. The van der Waals surface area contributed by atoms with Crippen LogP contribution in [0.5, 0.6) is 5.75 Å². The van der Waals surface area contributed by atoms with E-state index in [-0.39, 0.29) is 17.9 Å². The molecule has 0 amide bonds. The van der Waals surface area contributed by atoms with Crippen LogP contribution in [0.15, 0.2) is 12.1 Å². The summed E-state index contributed by atoms with van der Waals surface area (Å²) in [7, 11) is 0. The number of anilines is 1. The molecular formula is C12H15NO5. The Morgan fingerprint density at radius 3 is 2.61 bits per heavy atom. The fourth-order valence-corrected chi connectivity index (χ4v) is 1.31. The standard InChI is InChI=1S/C12H15NO5/c1-3-6-17-12(16)18-10-7(2)9(13)5-4-8(10)11(14)15/h4-5H,3,6,13H2,1-2H3,(H,14,15). The lowest BCUT2D eigenvalue weighted by atomic mass is 10.1. The molecule has 1 rings (SSSR count). The summed E-state index contributed by atoms with van der Waals surface area (Å²) in [4.78, 5) is 22.3. The molecule has 0 radical (unpaired) electrons. The van der Waals surface area contributed by atoms with E-state index in [1.165, 1.54) is 12.1 Å². The second kappa shape index (κ2) is 5.90. The van der Waals surface area contributed by atoms with E-state index in [1.54, 1.807) is 6.92 Å². The largest absolute Gasteiger partial charge is 0.513 e. The SMILES string of the molecule is CCCOC(=O)Oc1c(C(=O)O)ccc(N)c1C. The second-order valence-corrected chi connectivity index (χ2v) is 3.66. The Hall–Kier alpha value is -2.24. The lowest BCUT2D eigenvalue weighted by Gasteiger charge is -2.11. The van der Waals surface area contributed by atoms with Crippen molar-refractivity contribution in [2.45, 2.75) is 20.3 Å². The number of carboxylic acid groups (broad SMARTS) is 1. The Kier molecular flexibility index (Phi) is 4.53. The Morgan fingerprint density at radius 1 is 1.39 bits per heavy atom.